The molecule has 1 amide bonds. The number of hydrogen-bond acceptors (Lipinski definition) is 4. The second kappa shape index (κ2) is 7.45. The Morgan fingerprint density at radius 1 is 1.30 bits per heavy atom. The second-order valence-corrected chi connectivity index (χ2v) is 7.68. The van der Waals surface area contributed by atoms with Crippen LogP contribution in [-0.2, 0) is 17.6 Å². The van der Waals surface area contributed by atoms with E-state index >= 15 is 0 Å². The average Bonchev–Trinajstić information content (AvgIpc) is 2.67. The van der Waals surface area contributed by atoms with Crippen LogP contribution in [0.1, 0.15) is 45.8 Å². The summed E-state index contributed by atoms with van der Waals surface area (Å²) in [5.41, 5.74) is 1.35. The lowest BCUT2D eigenvalue weighted by molar-refractivity contribution is -0.138. The standard InChI is InChI=1S/C17H24N2O3S/c20-16(21)8-12-10-18-6-7-19(11-12)17(22)15-9-13-4-2-1-3-5-14(13)23-15/h9,12,18H,1-8,10-11H2,(H,20,21). The van der Waals surface area contributed by atoms with E-state index in [2.05, 4.69) is 11.4 Å². The molecule has 0 saturated carbocycles. The van der Waals surface area contributed by atoms with Gasteiger partial charge < -0.3 is 15.3 Å². The van der Waals surface area contributed by atoms with E-state index < -0.39 is 5.97 Å². The van der Waals surface area contributed by atoms with Gasteiger partial charge in [-0.2, -0.15) is 0 Å². The molecule has 2 N–H and O–H groups in total. The number of fused-ring (bicyclic) bond motifs is 1. The molecule has 1 aromatic heterocycles. The largest absolute Gasteiger partial charge is 0.481 e. The fourth-order valence-corrected chi connectivity index (χ4v) is 4.71. The normalized spacial score (nSPS) is 22.1. The number of aryl methyl sites for hydroxylation is 2. The highest BCUT2D eigenvalue weighted by Gasteiger charge is 2.26. The van der Waals surface area contributed by atoms with E-state index in [1.54, 1.807) is 11.3 Å². The van der Waals surface area contributed by atoms with Crippen LogP contribution in [0.15, 0.2) is 6.07 Å². The van der Waals surface area contributed by atoms with Gasteiger partial charge in [0, 0.05) is 31.1 Å². The van der Waals surface area contributed by atoms with Crippen LogP contribution in [-0.4, -0.2) is 48.1 Å². The Hall–Kier alpha value is -1.40. The predicted octanol–water partition coefficient (Wildman–Crippen LogP) is 2.15. The Bertz CT molecular complexity index is 561. The van der Waals surface area contributed by atoms with Gasteiger partial charge in [0.2, 0.25) is 0 Å². The van der Waals surface area contributed by atoms with Crippen molar-refractivity contribution in [1.82, 2.24) is 10.2 Å². The van der Waals surface area contributed by atoms with Gasteiger partial charge >= 0.3 is 5.97 Å². The minimum atomic E-state index is -0.797. The molecule has 0 bridgehead atoms. The van der Waals surface area contributed by atoms with Gasteiger partial charge in [-0.05, 0) is 43.2 Å². The third-order valence-corrected chi connectivity index (χ3v) is 5.90. The molecule has 1 aromatic rings. The molecule has 0 spiro atoms. The van der Waals surface area contributed by atoms with Gasteiger partial charge in [-0.3, -0.25) is 9.59 Å². The van der Waals surface area contributed by atoms with Gasteiger partial charge in [0.1, 0.15) is 0 Å². The van der Waals surface area contributed by atoms with Crippen molar-refractivity contribution in [1.29, 1.82) is 0 Å². The third kappa shape index (κ3) is 4.12. The second-order valence-electron chi connectivity index (χ2n) is 6.54. The molecule has 3 rings (SSSR count). The van der Waals surface area contributed by atoms with Gasteiger partial charge in [0.05, 0.1) is 11.3 Å². The lowest BCUT2D eigenvalue weighted by Gasteiger charge is -2.22. The number of amides is 1. The highest BCUT2D eigenvalue weighted by molar-refractivity contribution is 7.14. The van der Waals surface area contributed by atoms with Crippen LogP contribution < -0.4 is 5.32 Å². The maximum absolute atomic E-state index is 12.8. The van der Waals surface area contributed by atoms with Crippen molar-refractivity contribution >= 4 is 23.2 Å². The number of aliphatic carboxylic acids is 1. The summed E-state index contributed by atoms with van der Waals surface area (Å²) in [5.74, 6) is -0.743. The SMILES string of the molecule is O=C(O)CC1CNCCN(C(=O)c2cc3c(s2)CCCCC3)C1. The number of nitrogens with zero attached hydrogens (tertiary/aromatic N) is 1. The number of carbonyl (C=O) groups excluding carboxylic acids is 1. The quantitative estimate of drug-likeness (QED) is 0.830. The van der Waals surface area contributed by atoms with Crippen LogP contribution in [0.25, 0.3) is 0 Å². The molecule has 1 saturated heterocycles. The van der Waals surface area contributed by atoms with Crippen LogP contribution in [0.3, 0.4) is 0 Å². The fourth-order valence-electron chi connectivity index (χ4n) is 3.48. The minimum Gasteiger partial charge on any atom is -0.481 e. The molecular formula is C17H24N2O3S. The Labute approximate surface area is 140 Å². The topological polar surface area (TPSA) is 69.6 Å². The van der Waals surface area contributed by atoms with Crippen molar-refractivity contribution in [3.63, 3.8) is 0 Å². The van der Waals surface area contributed by atoms with Gasteiger partial charge in [0.25, 0.3) is 5.91 Å². The summed E-state index contributed by atoms with van der Waals surface area (Å²) in [7, 11) is 0. The number of nitrogens with one attached hydrogen (secondary N) is 1. The number of carbonyl (C=O) groups is 2. The van der Waals surface area contributed by atoms with E-state index in [0.29, 0.717) is 19.6 Å². The lowest BCUT2D eigenvalue weighted by Crippen LogP contribution is -2.36. The first-order valence-electron chi connectivity index (χ1n) is 8.47. The summed E-state index contributed by atoms with van der Waals surface area (Å²) >= 11 is 1.64. The first kappa shape index (κ1) is 16.5. The first-order valence-corrected chi connectivity index (χ1v) is 9.28. The Kier molecular flexibility index (Phi) is 5.33. The summed E-state index contributed by atoms with van der Waals surface area (Å²) in [5, 5.41) is 12.2. The molecular weight excluding hydrogens is 312 g/mol. The highest BCUT2D eigenvalue weighted by Crippen LogP contribution is 2.30. The van der Waals surface area contributed by atoms with E-state index in [-0.39, 0.29) is 18.2 Å². The minimum absolute atomic E-state index is 0.0169. The van der Waals surface area contributed by atoms with Crippen LogP contribution in [0.4, 0.5) is 0 Å². The maximum Gasteiger partial charge on any atom is 0.303 e. The van der Waals surface area contributed by atoms with Crippen LogP contribution in [0, 0.1) is 5.92 Å². The molecule has 1 aliphatic carbocycles. The van der Waals surface area contributed by atoms with Gasteiger partial charge in [0.15, 0.2) is 0 Å². The van der Waals surface area contributed by atoms with Crippen LogP contribution in [0.2, 0.25) is 0 Å². The summed E-state index contributed by atoms with van der Waals surface area (Å²) in [6.07, 6.45) is 6.00. The van der Waals surface area contributed by atoms with Gasteiger partial charge in [-0.25, -0.2) is 0 Å². The van der Waals surface area contributed by atoms with E-state index in [1.807, 2.05) is 4.90 Å². The highest BCUT2D eigenvalue weighted by atomic mass is 32.1. The number of thiophene rings is 1. The van der Waals surface area contributed by atoms with Gasteiger partial charge in [-0.1, -0.05) is 6.42 Å². The van der Waals surface area contributed by atoms with Crippen molar-refractivity contribution < 1.29 is 14.7 Å². The zero-order chi connectivity index (χ0) is 16.2. The summed E-state index contributed by atoms with van der Waals surface area (Å²) in [4.78, 5) is 27.8. The summed E-state index contributed by atoms with van der Waals surface area (Å²) in [6, 6.07) is 2.08. The molecule has 23 heavy (non-hydrogen) atoms. The Morgan fingerprint density at radius 3 is 2.96 bits per heavy atom. The maximum atomic E-state index is 12.8. The van der Waals surface area contributed by atoms with Gasteiger partial charge in [-0.15, -0.1) is 11.3 Å². The molecule has 2 heterocycles. The molecule has 1 atom stereocenters. The molecule has 5 nitrogen and oxygen atoms in total. The van der Waals surface area contributed by atoms with Crippen molar-refractivity contribution in [3.8, 4) is 0 Å². The number of rotatable bonds is 3. The molecule has 1 fully saturated rings. The number of carboxylic acid groups (broad SMARTS) is 1. The van der Waals surface area contributed by atoms with Crippen molar-refractivity contribution in [2.24, 2.45) is 5.92 Å². The molecule has 0 aromatic carbocycles. The van der Waals surface area contributed by atoms with Crippen LogP contribution >= 0.6 is 11.3 Å². The van der Waals surface area contributed by atoms with E-state index in [1.165, 1.54) is 29.7 Å². The molecule has 1 aliphatic heterocycles. The predicted molar refractivity (Wildman–Crippen MR) is 90.1 cm³/mol. The van der Waals surface area contributed by atoms with E-state index in [0.717, 1.165) is 24.3 Å². The third-order valence-electron chi connectivity index (χ3n) is 4.68. The smallest absolute Gasteiger partial charge is 0.303 e. The summed E-state index contributed by atoms with van der Waals surface area (Å²) in [6.45, 7) is 2.57. The van der Waals surface area contributed by atoms with Crippen molar-refractivity contribution in [2.75, 3.05) is 26.2 Å². The lowest BCUT2D eigenvalue weighted by atomic mass is 10.1. The van der Waals surface area contributed by atoms with E-state index in [9.17, 15) is 9.59 Å². The van der Waals surface area contributed by atoms with E-state index in [4.69, 9.17) is 5.11 Å². The molecule has 1 unspecified atom stereocenters. The fraction of sp³-hybridized carbons (Fsp3) is 0.647. The van der Waals surface area contributed by atoms with Crippen molar-refractivity contribution in [2.45, 2.75) is 38.5 Å². The Balaban J connectivity index is 1.72. The zero-order valence-corrected chi connectivity index (χ0v) is 14.2. The van der Waals surface area contributed by atoms with Crippen LogP contribution in [0.5, 0.6) is 0 Å². The molecule has 126 valence electrons. The first-order chi connectivity index (χ1) is 11.1. The number of hydrogen-bond donors (Lipinski definition) is 2. The Morgan fingerprint density at radius 2 is 2.13 bits per heavy atom. The monoisotopic (exact) mass is 336 g/mol. The number of carboxylic acids is 1. The molecule has 6 heteroatoms. The zero-order valence-electron chi connectivity index (χ0n) is 13.3. The van der Waals surface area contributed by atoms with Crippen molar-refractivity contribution in [3.05, 3.63) is 21.4 Å². The average molecular weight is 336 g/mol. The summed E-state index contributed by atoms with van der Waals surface area (Å²) < 4.78 is 0. The molecule has 2 aliphatic rings. The molecule has 0 radical (unpaired) electrons.